The van der Waals surface area contributed by atoms with Gasteiger partial charge in [-0.2, -0.15) is 26.3 Å². The average Bonchev–Trinajstić information content (AvgIpc) is 2.45. The predicted molar refractivity (Wildman–Crippen MR) is 72.9 cm³/mol. The van der Waals surface area contributed by atoms with Crippen LogP contribution in [0.5, 0.6) is 0 Å². The van der Waals surface area contributed by atoms with Crippen molar-refractivity contribution in [2.75, 3.05) is 13.1 Å². The van der Waals surface area contributed by atoms with Crippen molar-refractivity contribution >= 4 is 5.91 Å². The maximum Gasteiger partial charge on any atom is 0.416 e. The molecule has 0 radical (unpaired) electrons. The molecule has 0 fully saturated rings. The van der Waals surface area contributed by atoms with E-state index < -0.39 is 35.0 Å². The molecule has 23 heavy (non-hydrogen) atoms. The second kappa shape index (κ2) is 7.23. The monoisotopic (exact) mass is 341 g/mol. The summed E-state index contributed by atoms with van der Waals surface area (Å²) in [5.74, 6) is -0.836. The number of rotatable bonds is 5. The Morgan fingerprint density at radius 1 is 0.957 bits per heavy atom. The first-order valence-electron chi connectivity index (χ1n) is 7.09. The number of unbranched alkanes of at least 4 members (excludes halogenated alkanes) is 1. The van der Waals surface area contributed by atoms with Crippen molar-refractivity contribution in [3.63, 3.8) is 0 Å². The molecule has 0 N–H and O–H groups in total. The van der Waals surface area contributed by atoms with Gasteiger partial charge in [0.15, 0.2) is 0 Å². The van der Waals surface area contributed by atoms with E-state index >= 15 is 0 Å². The van der Waals surface area contributed by atoms with Crippen LogP contribution >= 0.6 is 0 Å². The van der Waals surface area contributed by atoms with E-state index in [-0.39, 0.29) is 19.2 Å². The molecular formula is C15H17F6NO. The molecule has 0 unspecified atom stereocenters. The van der Waals surface area contributed by atoms with Crippen LogP contribution in [0.4, 0.5) is 26.3 Å². The van der Waals surface area contributed by atoms with Crippen molar-refractivity contribution in [3.8, 4) is 0 Å². The van der Waals surface area contributed by atoms with Crippen LogP contribution in [0.1, 0.15) is 48.2 Å². The van der Waals surface area contributed by atoms with Crippen molar-refractivity contribution in [1.29, 1.82) is 0 Å². The van der Waals surface area contributed by atoms with Crippen molar-refractivity contribution in [2.24, 2.45) is 0 Å². The number of hydrogen-bond donors (Lipinski definition) is 0. The molecule has 0 aliphatic rings. The van der Waals surface area contributed by atoms with Crippen molar-refractivity contribution in [1.82, 2.24) is 4.90 Å². The molecule has 8 heteroatoms. The number of hydrogen-bond acceptors (Lipinski definition) is 1. The smallest absolute Gasteiger partial charge is 0.339 e. The highest BCUT2D eigenvalue weighted by Gasteiger charge is 2.37. The predicted octanol–water partition coefficient (Wildman–Crippen LogP) is 4.99. The van der Waals surface area contributed by atoms with Gasteiger partial charge in [0, 0.05) is 18.7 Å². The van der Waals surface area contributed by atoms with Crippen LogP contribution in [0.25, 0.3) is 0 Å². The quantitative estimate of drug-likeness (QED) is 0.691. The first-order chi connectivity index (χ1) is 10.5. The summed E-state index contributed by atoms with van der Waals surface area (Å²) < 4.78 is 76.8. The van der Waals surface area contributed by atoms with Gasteiger partial charge in [0.05, 0.1) is 11.1 Å². The van der Waals surface area contributed by atoms with Crippen LogP contribution in [-0.2, 0) is 12.4 Å². The van der Waals surface area contributed by atoms with Gasteiger partial charge in [-0.25, -0.2) is 0 Å². The highest BCUT2D eigenvalue weighted by atomic mass is 19.4. The molecule has 2 nitrogen and oxygen atoms in total. The van der Waals surface area contributed by atoms with Crippen LogP contribution in [0.15, 0.2) is 18.2 Å². The van der Waals surface area contributed by atoms with Crippen molar-refractivity contribution in [2.45, 2.75) is 39.0 Å². The lowest BCUT2D eigenvalue weighted by Gasteiger charge is -2.22. The van der Waals surface area contributed by atoms with E-state index in [9.17, 15) is 31.1 Å². The molecule has 0 saturated heterocycles. The molecule has 0 aliphatic heterocycles. The third-order valence-corrected chi connectivity index (χ3v) is 3.29. The third kappa shape index (κ3) is 5.14. The highest BCUT2D eigenvalue weighted by Crippen LogP contribution is 2.36. The maximum atomic E-state index is 12.8. The molecule has 1 aromatic rings. The van der Waals surface area contributed by atoms with Crippen molar-refractivity contribution < 1.29 is 31.1 Å². The Hall–Kier alpha value is -1.73. The van der Waals surface area contributed by atoms with E-state index in [1.807, 2.05) is 6.92 Å². The summed E-state index contributed by atoms with van der Waals surface area (Å²) in [6.07, 6.45) is -8.56. The first kappa shape index (κ1) is 19.3. The van der Waals surface area contributed by atoms with Gasteiger partial charge in [-0.15, -0.1) is 0 Å². The van der Waals surface area contributed by atoms with Gasteiger partial charge in [-0.05, 0) is 31.5 Å². The van der Waals surface area contributed by atoms with Gasteiger partial charge < -0.3 is 4.90 Å². The number of carbonyl (C=O) groups excluding carboxylic acids is 1. The van der Waals surface area contributed by atoms with E-state index in [4.69, 9.17) is 0 Å². The lowest BCUT2D eigenvalue weighted by Crippen LogP contribution is -2.32. The van der Waals surface area contributed by atoms with E-state index in [2.05, 4.69) is 0 Å². The van der Waals surface area contributed by atoms with Gasteiger partial charge in [-0.3, -0.25) is 4.79 Å². The molecular weight excluding hydrogens is 324 g/mol. The standard InChI is InChI=1S/C15H17F6NO/c1-3-5-6-22(4-2)13(23)10-7-11(14(16,17)18)9-12(8-10)15(19,20)21/h7-9H,3-6H2,1-2H3. The first-order valence-corrected chi connectivity index (χ1v) is 7.09. The summed E-state index contributed by atoms with van der Waals surface area (Å²) in [5, 5.41) is 0. The fourth-order valence-corrected chi connectivity index (χ4v) is 2.01. The summed E-state index contributed by atoms with van der Waals surface area (Å²) in [7, 11) is 0. The number of benzene rings is 1. The molecule has 0 spiro atoms. The molecule has 0 bridgehead atoms. The zero-order valence-electron chi connectivity index (χ0n) is 12.7. The summed E-state index contributed by atoms with van der Waals surface area (Å²) in [6.45, 7) is 3.97. The fraction of sp³-hybridized carbons (Fsp3) is 0.533. The molecule has 0 atom stereocenters. The van der Waals surface area contributed by atoms with Gasteiger partial charge in [0.1, 0.15) is 0 Å². The summed E-state index contributed by atoms with van der Waals surface area (Å²) in [4.78, 5) is 13.5. The molecule has 0 aliphatic carbocycles. The molecule has 0 heterocycles. The number of alkyl halides is 6. The minimum absolute atomic E-state index is 0.0130. The van der Waals surface area contributed by atoms with Crippen molar-refractivity contribution in [3.05, 3.63) is 34.9 Å². The SMILES string of the molecule is CCCCN(CC)C(=O)c1cc(C(F)(F)F)cc(C(F)(F)F)c1. The van der Waals surface area contributed by atoms with Crippen LogP contribution in [0, 0.1) is 0 Å². The summed E-state index contributed by atoms with van der Waals surface area (Å²) in [6, 6.07) is 0.942. The highest BCUT2D eigenvalue weighted by molar-refractivity contribution is 5.94. The van der Waals surface area contributed by atoms with E-state index in [1.165, 1.54) is 4.90 Å². The second-order valence-electron chi connectivity index (χ2n) is 5.03. The van der Waals surface area contributed by atoms with Crippen LogP contribution in [0.2, 0.25) is 0 Å². The van der Waals surface area contributed by atoms with Crippen LogP contribution in [-0.4, -0.2) is 23.9 Å². The second-order valence-corrected chi connectivity index (χ2v) is 5.03. The van der Waals surface area contributed by atoms with E-state index in [1.54, 1.807) is 6.92 Å². The zero-order chi connectivity index (χ0) is 17.8. The topological polar surface area (TPSA) is 20.3 Å². The fourth-order valence-electron chi connectivity index (χ4n) is 2.01. The summed E-state index contributed by atoms with van der Waals surface area (Å²) >= 11 is 0. The number of nitrogens with zero attached hydrogens (tertiary/aromatic N) is 1. The Morgan fingerprint density at radius 2 is 1.43 bits per heavy atom. The van der Waals surface area contributed by atoms with Gasteiger partial charge in [0.2, 0.25) is 0 Å². The number of halogens is 6. The Kier molecular flexibility index (Phi) is 6.07. The Morgan fingerprint density at radius 3 is 1.78 bits per heavy atom. The molecule has 1 rings (SSSR count). The van der Waals surface area contributed by atoms with Gasteiger partial charge in [0.25, 0.3) is 5.91 Å². The zero-order valence-corrected chi connectivity index (χ0v) is 12.7. The van der Waals surface area contributed by atoms with Crippen LogP contribution < -0.4 is 0 Å². The van der Waals surface area contributed by atoms with Gasteiger partial charge in [-0.1, -0.05) is 13.3 Å². The third-order valence-electron chi connectivity index (χ3n) is 3.29. The van der Waals surface area contributed by atoms with Gasteiger partial charge >= 0.3 is 12.4 Å². The van der Waals surface area contributed by atoms with E-state index in [0.717, 1.165) is 6.42 Å². The average molecular weight is 341 g/mol. The summed E-state index contributed by atoms with van der Waals surface area (Å²) in [5.41, 5.74) is -3.57. The Bertz CT molecular complexity index is 518. The largest absolute Gasteiger partial charge is 0.416 e. The molecule has 0 aromatic heterocycles. The van der Waals surface area contributed by atoms with Crippen LogP contribution in [0.3, 0.4) is 0 Å². The number of amides is 1. The Labute approximate surface area is 130 Å². The molecule has 1 aromatic carbocycles. The molecule has 130 valence electrons. The molecule has 0 saturated carbocycles. The van der Waals surface area contributed by atoms with E-state index in [0.29, 0.717) is 18.6 Å². The minimum Gasteiger partial charge on any atom is -0.339 e. The Balaban J connectivity index is 3.31. The maximum absolute atomic E-state index is 12.8. The molecule has 1 amide bonds. The lowest BCUT2D eigenvalue weighted by atomic mass is 10.0. The minimum atomic E-state index is -4.96. The normalized spacial score (nSPS) is 12.3. The number of carbonyl (C=O) groups is 1. The lowest BCUT2D eigenvalue weighted by molar-refractivity contribution is -0.143.